The maximum atomic E-state index is 6.13. The molecule has 0 aliphatic heterocycles. The molecule has 0 amide bonds. The van der Waals surface area contributed by atoms with Crippen LogP contribution in [0.5, 0.6) is 0 Å². The topological polar surface area (TPSA) is 44.5 Å². The molecule has 0 aliphatic carbocycles. The molecule has 0 bridgehead atoms. The van der Waals surface area contributed by atoms with Gasteiger partial charge in [0.2, 0.25) is 0 Å². The van der Waals surface area contributed by atoms with Crippen molar-refractivity contribution >= 4 is 0 Å². The van der Waals surface area contributed by atoms with Crippen LogP contribution in [-0.4, -0.2) is 30.0 Å². The first kappa shape index (κ1) is 19.9. The molecule has 0 saturated carbocycles. The van der Waals surface area contributed by atoms with Crippen molar-refractivity contribution in [3.63, 3.8) is 0 Å². The highest BCUT2D eigenvalue weighted by Gasteiger charge is 2.29. The minimum atomic E-state index is -0.200. The van der Waals surface area contributed by atoms with Gasteiger partial charge in [-0.3, -0.25) is 0 Å². The van der Waals surface area contributed by atoms with E-state index in [2.05, 4.69) is 62.3 Å². The van der Waals surface area contributed by atoms with E-state index in [1.807, 2.05) is 0 Å². The molecule has 0 fully saturated rings. The first-order valence-corrected chi connectivity index (χ1v) is 7.82. The Morgan fingerprint density at radius 1 is 0.850 bits per heavy atom. The van der Waals surface area contributed by atoms with Crippen LogP contribution in [0.2, 0.25) is 0 Å². The van der Waals surface area contributed by atoms with Crippen LogP contribution in [0.1, 0.15) is 68.7 Å². The molecule has 20 heavy (non-hydrogen) atoms. The van der Waals surface area contributed by atoms with Gasteiger partial charge in [-0.1, -0.05) is 13.8 Å². The molecule has 0 radical (unpaired) electrons. The third-order valence-electron chi connectivity index (χ3n) is 4.25. The van der Waals surface area contributed by atoms with Crippen molar-refractivity contribution in [3.05, 3.63) is 0 Å². The molecule has 3 nitrogen and oxygen atoms in total. The zero-order valence-corrected chi connectivity index (χ0v) is 15.2. The Hall–Kier alpha value is -0.120. The van der Waals surface area contributed by atoms with Crippen LogP contribution in [0.15, 0.2) is 0 Å². The molecular formula is C17H37NO2. The van der Waals surface area contributed by atoms with E-state index in [0.29, 0.717) is 18.4 Å². The average Bonchev–Trinajstić information content (AvgIpc) is 2.22. The van der Waals surface area contributed by atoms with Crippen LogP contribution in [-0.2, 0) is 9.47 Å². The molecule has 0 aliphatic rings. The van der Waals surface area contributed by atoms with Crippen molar-refractivity contribution in [2.75, 3.05) is 13.2 Å². The number of hydrogen-bond acceptors (Lipinski definition) is 3. The summed E-state index contributed by atoms with van der Waals surface area (Å²) < 4.78 is 11.9. The van der Waals surface area contributed by atoms with Gasteiger partial charge >= 0.3 is 0 Å². The summed E-state index contributed by atoms with van der Waals surface area (Å²) in [6.07, 6.45) is 1.00. The van der Waals surface area contributed by atoms with Crippen molar-refractivity contribution in [1.29, 1.82) is 0 Å². The van der Waals surface area contributed by atoms with E-state index < -0.39 is 0 Å². The van der Waals surface area contributed by atoms with Crippen LogP contribution in [0.3, 0.4) is 0 Å². The van der Waals surface area contributed by atoms with Gasteiger partial charge in [-0.15, -0.1) is 0 Å². The lowest BCUT2D eigenvalue weighted by Crippen LogP contribution is -2.44. The maximum absolute atomic E-state index is 6.13. The van der Waals surface area contributed by atoms with Gasteiger partial charge in [-0.05, 0) is 66.7 Å². The highest BCUT2D eigenvalue weighted by atomic mass is 16.5. The Morgan fingerprint density at radius 3 is 1.75 bits per heavy atom. The Balaban J connectivity index is 4.21. The smallest absolute Gasteiger partial charge is 0.0652 e. The zero-order chi connectivity index (χ0) is 16.2. The lowest BCUT2D eigenvalue weighted by atomic mass is 9.88. The van der Waals surface area contributed by atoms with E-state index >= 15 is 0 Å². The van der Waals surface area contributed by atoms with Gasteiger partial charge in [-0.2, -0.15) is 0 Å². The number of ether oxygens (including phenoxy) is 2. The van der Waals surface area contributed by atoms with Gasteiger partial charge in [0.1, 0.15) is 0 Å². The Kier molecular flexibility index (Phi) is 7.19. The molecule has 2 unspecified atom stereocenters. The number of hydrogen-bond donors (Lipinski definition) is 1. The number of rotatable bonds is 8. The van der Waals surface area contributed by atoms with Crippen molar-refractivity contribution in [3.8, 4) is 0 Å². The van der Waals surface area contributed by atoms with Gasteiger partial charge in [0.15, 0.2) is 0 Å². The van der Waals surface area contributed by atoms with Crippen molar-refractivity contribution in [1.82, 2.24) is 0 Å². The Labute approximate surface area is 126 Å². The molecule has 122 valence electrons. The van der Waals surface area contributed by atoms with Gasteiger partial charge in [0.25, 0.3) is 0 Å². The molecule has 2 N–H and O–H groups in total. The molecule has 0 rings (SSSR count). The van der Waals surface area contributed by atoms with E-state index in [0.717, 1.165) is 13.0 Å². The zero-order valence-electron chi connectivity index (χ0n) is 15.2. The van der Waals surface area contributed by atoms with Crippen LogP contribution in [0.4, 0.5) is 0 Å². The average molecular weight is 287 g/mol. The van der Waals surface area contributed by atoms with Crippen molar-refractivity contribution in [2.24, 2.45) is 17.6 Å². The molecule has 0 saturated heterocycles. The predicted molar refractivity (Wildman–Crippen MR) is 86.9 cm³/mol. The van der Waals surface area contributed by atoms with Crippen molar-refractivity contribution in [2.45, 2.75) is 85.5 Å². The quantitative estimate of drug-likeness (QED) is 0.734. The first-order valence-electron chi connectivity index (χ1n) is 7.82. The fraction of sp³-hybridized carbons (Fsp3) is 1.00. The summed E-state index contributed by atoms with van der Waals surface area (Å²) in [7, 11) is 0. The second-order valence-corrected chi connectivity index (χ2v) is 8.29. The first-order chi connectivity index (χ1) is 8.76. The summed E-state index contributed by atoms with van der Waals surface area (Å²) in [6, 6.07) is 0. The second-order valence-electron chi connectivity index (χ2n) is 8.29. The molecule has 0 aromatic carbocycles. The van der Waals surface area contributed by atoms with E-state index in [1.165, 1.54) is 0 Å². The summed E-state index contributed by atoms with van der Waals surface area (Å²) in [6.45, 7) is 20.5. The molecular weight excluding hydrogens is 250 g/mol. The van der Waals surface area contributed by atoms with Crippen LogP contribution in [0.25, 0.3) is 0 Å². The van der Waals surface area contributed by atoms with Gasteiger partial charge in [-0.25, -0.2) is 0 Å². The van der Waals surface area contributed by atoms with Gasteiger partial charge in [0, 0.05) is 12.1 Å². The monoisotopic (exact) mass is 287 g/mol. The highest BCUT2D eigenvalue weighted by Crippen LogP contribution is 2.26. The Bertz CT molecular complexity index is 274. The van der Waals surface area contributed by atoms with E-state index in [-0.39, 0.29) is 16.7 Å². The summed E-state index contributed by atoms with van der Waals surface area (Å²) >= 11 is 0. The third-order valence-corrected chi connectivity index (χ3v) is 4.25. The molecule has 0 spiro atoms. The maximum Gasteiger partial charge on any atom is 0.0652 e. The standard InChI is InChI=1S/C17H37NO2/c1-13(10-11-19-15(3,4)5)17(8,9)20-12-14(2)16(6,7)18/h13-14H,10-12,18H2,1-9H3. The molecule has 0 heterocycles. The summed E-state index contributed by atoms with van der Waals surface area (Å²) in [4.78, 5) is 0. The minimum absolute atomic E-state index is 0.0667. The summed E-state index contributed by atoms with van der Waals surface area (Å²) in [5.74, 6) is 0.776. The van der Waals surface area contributed by atoms with Gasteiger partial charge < -0.3 is 15.2 Å². The molecule has 0 aromatic heterocycles. The Morgan fingerprint density at radius 2 is 1.35 bits per heavy atom. The molecule has 0 aromatic rings. The van der Waals surface area contributed by atoms with Crippen LogP contribution in [0, 0.1) is 11.8 Å². The fourth-order valence-electron chi connectivity index (χ4n) is 1.59. The van der Waals surface area contributed by atoms with E-state index in [9.17, 15) is 0 Å². The van der Waals surface area contributed by atoms with Crippen molar-refractivity contribution < 1.29 is 9.47 Å². The number of nitrogens with two attached hydrogens (primary N) is 1. The summed E-state index contributed by atoms with van der Waals surface area (Å²) in [5.41, 5.74) is 5.69. The third kappa shape index (κ3) is 8.23. The molecule has 2 atom stereocenters. The largest absolute Gasteiger partial charge is 0.376 e. The fourth-order valence-corrected chi connectivity index (χ4v) is 1.59. The van der Waals surface area contributed by atoms with E-state index in [4.69, 9.17) is 15.2 Å². The normalized spacial score (nSPS) is 17.1. The highest BCUT2D eigenvalue weighted by molar-refractivity contribution is 4.82. The lowest BCUT2D eigenvalue weighted by Gasteiger charge is -2.36. The summed E-state index contributed by atoms with van der Waals surface area (Å²) in [5, 5.41) is 0. The predicted octanol–water partition coefficient (Wildman–Crippen LogP) is 4.00. The van der Waals surface area contributed by atoms with E-state index in [1.54, 1.807) is 0 Å². The second kappa shape index (κ2) is 7.24. The minimum Gasteiger partial charge on any atom is -0.376 e. The van der Waals surface area contributed by atoms with Crippen LogP contribution < -0.4 is 5.73 Å². The van der Waals surface area contributed by atoms with Crippen LogP contribution >= 0.6 is 0 Å². The molecule has 3 heteroatoms. The SMILES string of the molecule is CC(COC(C)(C)C(C)CCOC(C)(C)C)C(C)(C)N. The van der Waals surface area contributed by atoms with Gasteiger partial charge in [0.05, 0.1) is 17.8 Å². The lowest BCUT2D eigenvalue weighted by molar-refractivity contribution is -0.0874.